The Bertz CT molecular complexity index is 1330. The standard InChI is InChI=1S/C21H15F2N3O2S/c1-11-4-2-3-5-16(11)26-17(27)9-7-13-18(19(20(24)28)29-21(13)26)25-15-8-6-12(22)10-14(15)23/h2-10,25H,1H3,(H2,24,28). The van der Waals surface area contributed by atoms with Crippen LogP contribution in [0.25, 0.3) is 15.9 Å². The molecule has 2 aromatic carbocycles. The van der Waals surface area contributed by atoms with Crippen molar-refractivity contribution in [2.45, 2.75) is 6.92 Å². The lowest BCUT2D eigenvalue weighted by Crippen LogP contribution is -2.17. The van der Waals surface area contributed by atoms with Crippen LogP contribution in [0, 0.1) is 18.6 Å². The van der Waals surface area contributed by atoms with Crippen molar-refractivity contribution in [3.8, 4) is 5.69 Å². The molecule has 0 aliphatic heterocycles. The Morgan fingerprint density at radius 3 is 2.55 bits per heavy atom. The van der Waals surface area contributed by atoms with Gasteiger partial charge < -0.3 is 11.1 Å². The molecule has 0 atom stereocenters. The van der Waals surface area contributed by atoms with Crippen molar-refractivity contribution in [1.82, 2.24) is 4.57 Å². The third kappa shape index (κ3) is 3.27. The lowest BCUT2D eigenvalue weighted by molar-refractivity contribution is 0.100. The number of carbonyl (C=O) groups excluding carboxylic acids is 1. The summed E-state index contributed by atoms with van der Waals surface area (Å²) in [5.41, 5.74) is 7.06. The Hall–Kier alpha value is -3.52. The van der Waals surface area contributed by atoms with Crippen LogP contribution in [-0.2, 0) is 0 Å². The molecule has 0 radical (unpaired) electrons. The number of nitrogens with one attached hydrogen (secondary N) is 1. The van der Waals surface area contributed by atoms with Crippen LogP contribution >= 0.6 is 11.3 Å². The number of aromatic nitrogens is 1. The minimum atomic E-state index is -0.813. The van der Waals surface area contributed by atoms with Crippen molar-refractivity contribution < 1.29 is 13.6 Å². The summed E-state index contributed by atoms with van der Waals surface area (Å²) >= 11 is 1.03. The van der Waals surface area contributed by atoms with Crippen molar-refractivity contribution in [2.75, 3.05) is 5.32 Å². The average Bonchev–Trinajstić information content (AvgIpc) is 3.03. The number of amides is 1. The highest BCUT2D eigenvalue weighted by atomic mass is 32.1. The summed E-state index contributed by atoms with van der Waals surface area (Å²) in [7, 11) is 0. The van der Waals surface area contributed by atoms with E-state index < -0.39 is 17.5 Å². The van der Waals surface area contributed by atoms with E-state index in [1.165, 1.54) is 16.7 Å². The van der Waals surface area contributed by atoms with Gasteiger partial charge in [0.2, 0.25) is 0 Å². The number of rotatable bonds is 4. The molecule has 0 aliphatic carbocycles. The SMILES string of the molecule is Cc1ccccc1-n1c(=O)ccc2c(Nc3ccc(F)cc3F)c(C(N)=O)sc21. The molecule has 4 aromatic rings. The van der Waals surface area contributed by atoms with Crippen LogP contribution in [0.2, 0.25) is 0 Å². The first-order valence-electron chi connectivity index (χ1n) is 8.63. The number of fused-ring (bicyclic) bond motifs is 1. The molecule has 2 aromatic heterocycles. The summed E-state index contributed by atoms with van der Waals surface area (Å²) in [4.78, 5) is 25.4. The molecule has 0 fully saturated rings. The largest absolute Gasteiger partial charge is 0.365 e. The summed E-state index contributed by atoms with van der Waals surface area (Å²) in [5.74, 6) is -2.25. The molecule has 0 saturated carbocycles. The van der Waals surface area contributed by atoms with Crippen molar-refractivity contribution in [3.63, 3.8) is 0 Å². The van der Waals surface area contributed by atoms with Gasteiger partial charge in [0.1, 0.15) is 21.3 Å². The van der Waals surface area contributed by atoms with E-state index in [4.69, 9.17) is 5.73 Å². The summed E-state index contributed by atoms with van der Waals surface area (Å²) in [6, 6.07) is 13.3. The van der Waals surface area contributed by atoms with Crippen LogP contribution in [0.1, 0.15) is 15.2 Å². The normalized spacial score (nSPS) is 11.0. The lowest BCUT2D eigenvalue weighted by Gasteiger charge is -2.11. The van der Waals surface area contributed by atoms with Crippen LogP contribution < -0.4 is 16.6 Å². The number of aryl methyl sites for hydroxylation is 1. The molecule has 146 valence electrons. The van der Waals surface area contributed by atoms with Gasteiger partial charge in [-0.2, -0.15) is 0 Å². The number of halogens is 2. The fourth-order valence-corrected chi connectivity index (χ4v) is 4.26. The Morgan fingerprint density at radius 1 is 1.10 bits per heavy atom. The molecule has 1 amide bonds. The average molecular weight is 411 g/mol. The first-order valence-corrected chi connectivity index (χ1v) is 9.45. The molecule has 0 saturated heterocycles. The summed E-state index contributed by atoms with van der Waals surface area (Å²) < 4.78 is 28.9. The van der Waals surface area contributed by atoms with Gasteiger partial charge in [0.05, 0.1) is 17.1 Å². The van der Waals surface area contributed by atoms with Crippen LogP contribution in [0.5, 0.6) is 0 Å². The number of nitrogens with two attached hydrogens (primary N) is 1. The zero-order valence-electron chi connectivity index (χ0n) is 15.2. The lowest BCUT2D eigenvalue weighted by atomic mass is 10.2. The zero-order chi connectivity index (χ0) is 20.7. The Balaban J connectivity index is 1.99. The van der Waals surface area contributed by atoms with E-state index in [-0.39, 0.29) is 21.8 Å². The van der Waals surface area contributed by atoms with E-state index in [0.717, 1.165) is 29.0 Å². The molecule has 5 nitrogen and oxygen atoms in total. The van der Waals surface area contributed by atoms with Gasteiger partial charge in [0.15, 0.2) is 0 Å². The van der Waals surface area contributed by atoms with Gasteiger partial charge in [-0.3, -0.25) is 14.2 Å². The minimum absolute atomic E-state index is 0.0118. The highest BCUT2D eigenvalue weighted by Gasteiger charge is 2.21. The van der Waals surface area contributed by atoms with E-state index >= 15 is 0 Å². The van der Waals surface area contributed by atoms with Gasteiger partial charge in [-0.1, -0.05) is 18.2 Å². The van der Waals surface area contributed by atoms with Gasteiger partial charge in [-0.25, -0.2) is 8.78 Å². The number of thiophene rings is 1. The molecule has 3 N–H and O–H groups in total. The Labute approximate surface area is 168 Å². The topological polar surface area (TPSA) is 77.1 Å². The van der Waals surface area contributed by atoms with E-state index in [1.807, 2.05) is 25.1 Å². The number of para-hydroxylation sites is 1. The maximum atomic E-state index is 14.2. The third-order valence-electron chi connectivity index (χ3n) is 4.51. The van der Waals surface area contributed by atoms with Gasteiger partial charge in [0.25, 0.3) is 11.5 Å². The number of benzene rings is 2. The van der Waals surface area contributed by atoms with Crippen LogP contribution in [0.4, 0.5) is 20.2 Å². The first-order chi connectivity index (χ1) is 13.9. The maximum Gasteiger partial charge on any atom is 0.261 e. The summed E-state index contributed by atoms with van der Waals surface area (Å²) in [5, 5.41) is 3.36. The molecular weight excluding hydrogens is 396 g/mol. The molecule has 0 unspecified atom stereocenters. The second-order valence-electron chi connectivity index (χ2n) is 6.43. The van der Waals surface area contributed by atoms with Crippen LogP contribution in [0.3, 0.4) is 0 Å². The van der Waals surface area contributed by atoms with Gasteiger partial charge in [-0.05, 0) is 36.8 Å². The number of hydrogen-bond acceptors (Lipinski definition) is 4. The summed E-state index contributed by atoms with van der Waals surface area (Å²) in [6.07, 6.45) is 0. The van der Waals surface area contributed by atoms with Crippen molar-refractivity contribution >= 4 is 38.8 Å². The van der Waals surface area contributed by atoms with Crippen molar-refractivity contribution in [2.24, 2.45) is 5.73 Å². The number of anilines is 2. The fraction of sp³-hybridized carbons (Fsp3) is 0.0476. The van der Waals surface area contributed by atoms with E-state index in [1.54, 1.807) is 12.1 Å². The number of nitrogens with zero attached hydrogens (tertiary/aromatic N) is 1. The van der Waals surface area contributed by atoms with Crippen molar-refractivity contribution in [1.29, 1.82) is 0 Å². The molecule has 4 rings (SSSR count). The summed E-state index contributed by atoms with van der Waals surface area (Å²) in [6.45, 7) is 1.87. The highest BCUT2D eigenvalue weighted by molar-refractivity contribution is 7.21. The number of pyridine rings is 1. The van der Waals surface area contributed by atoms with E-state index in [2.05, 4.69) is 5.32 Å². The maximum absolute atomic E-state index is 14.2. The van der Waals surface area contributed by atoms with Gasteiger partial charge in [0, 0.05) is 17.5 Å². The predicted molar refractivity (Wildman–Crippen MR) is 110 cm³/mol. The quantitative estimate of drug-likeness (QED) is 0.520. The van der Waals surface area contributed by atoms with E-state index in [0.29, 0.717) is 15.9 Å². The minimum Gasteiger partial charge on any atom is -0.365 e. The zero-order valence-corrected chi connectivity index (χ0v) is 16.0. The molecular formula is C21H15F2N3O2S. The van der Waals surface area contributed by atoms with Gasteiger partial charge in [-0.15, -0.1) is 11.3 Å². The Morgan fingerprint density at radius 2 is 1.86 bits per heavy atom. The fourth-order valence-electron chi connectivity index (χ4n) is 3.15. The smallest absolute Gasteiger partial charge is 0.261 e. The first kappa shape index (κ1) is 18.8. The molecule has 29 heavy (non-hydrogen) atoms. The molecule has 2 heterocycles. The molecule has 0 aliphatic rings. The van der Waals surface area contributed by atoms with Crippen LogP contribution in [-0.4, -0.2) is 10.5 Å². The number of primary amides is 1. The Kier molecular flexibility index (Phi) is 4.63. The highest BCUT2D eigenvalue weighted by Crippen LogP contribution is 2.38. The molecule has 0 bridgehead atoms. The molecule has 0 spiro atoms. The second-order valence-corrected chi connectivity index (χ2v) is 7.43. The van der Waals surface area contributed by atoms with Crippen LogP contribution in [0.15, 0.2) is 59.4 Å². The van der Waals surface area contributed by atoms with E-state index in [9.17, 15) is 18.4 Å². The van der Waals surface area contributed by atoms with Gasteiger partial charge >= 0.3 is 0 Å². The third-order valence-corrected chi connectivity index (χ3v) is 5.72. The second kappa shape index (κ2) is 7.14. The monoisotopic (exact) mass is 411 g/mol. The predicted octanol–water partition coefficient (Wildman–Crippen LogP) is 4.48. The number of hydrogen-bond donors (Lipinski definition) is 2. The molecule has 8 heteroatoms. The number of carbonyl (C=O) groups is 1. The van der Waals surface area contributed by atoms with Crippen molar-refractivity contribution in [3.05, 3.63) is 87.0 Å².